The van der Waals surface area contributed by atoms with Crippen LogP contribution < -0.4 is 0 Å². The Hall–Kier alpha value is -1.59. The number of aromatic nitrogens is 1. The number of hydrogen-bond donors (Lipinski definition) is 1. The van der Waals surface area contributed by atoms with Crippen LogP contribution in [0.4, 0.5) is 0 Å². The first kappa shape index (κ1) is 16.9. The third kappa shape index (κ3) is 2.56. The summed E-state index contributed by atoms with van der Waals surface area (Å²) in [6.45, 7) is 6.43. The molecule has 4 nitrogen and oxygen atoms in total. The summed E-state index contributed by atoms with van der Waals surface area (Å²) in [7, 11) is 2.14. The van der Waals surface area contributed by atoms with Gasteiger partial charge in [0.25, 0.3) is 0 Å². The van der Waals surface area contributed by atoms with E-state index >= 15 is 0 Å². The van der Waals surface area contributed by atoms with Crippen LogP contribution >= 0.6 is 15.9 Å². The van der Waals surface area contributed by atoms with Crippen molar-refractivity contribution in [3.63, 3.8) is 0 Å². The first-order valence-electron chi connectivity index (χ1n) is 9.05. The number of nitrogens with zero attached hydrogens (tertiary/aromatic N) is 2. The Morgan fingerprint density at radius 1 is 1.36 bits per heavy atom. The number of halogens is 1. The quantitative estimate of drug-likeness (QED) is 0.851. The highest BCUT2D eigenvalue weighted by Crippen LogP contribution is 2.43. The molecule has 0 unspecified atom stereocenters. The molecule has 2 aromatic rings. The summed E-state index contributed by atoms with van der Waals surface area (Å²) in [6.07, 6.45) is 3.22. The van der Waals surface area contributed by atoms with Crippen molar-refractivity contribution in [1.29, 1.82) is 0 Å². The van der Waals surface area contributed by atoms with Gasteiger partial charge in [0.2, 0.25) is 5.91 Å². The van der Waals surface area contributed by atoms with Crippen molar-refractivity contribution in [3.05, 3.63) is 40.0 Å². The van der Waals surface area contributed by atoms with E-state index in [-0.39, 0.29) is 11.8 Å². The maximum Gasteiger partial charge on any atom is 0.230 e. The number of H-pyrrole nitrogens is 1. The van der Waals surface area contributed by atoms with E-state index in [2.05, 4.69) is 71.0 Å². The van der Waals surface area contributed by atoms with E-state index in [0.717, 1.165) is 30.7 Å². The Balaban J connectivity index is 1.83. The van der Waals surface area contributed by atoms with Gasteiger partial charge in [-0.2, -0.15) is 0 Å². The summed E-state index contributed by atoms with van der Waals surface area (Å²) >= 11 is 3.69. The third-order valence-electron chi connectivity index (χ3n) is 5.73. The molecule has 1 amide bonds. The van der Waals surface area contributed by atoms with Crippen LogP contribution in [0, 0.1) is 5.92 Å². The second-order valence-electron chi connectivity index (χ2n) is 7.04. The molecule has 0 fully saturated rings. The smallest absolute Gasteiger partial charge is 0.230 e. The Labute approximate surface area is 157 Å². The molecule has 0 saturated heterocycles. The number of amides is 1. The number of aromatic amines is 1. The van der Waals surface area contributed by atoms with Gasteiger partial charge < -0.3 is 9.88 Å². The standard InChI is InChI=1S/C20H24BrN3O/c1-4-24(5-2)20(25)12-9-14-13-7-6-8-16-18(13)15(19(21)22-16)10-17(14)23(3)11-12/h6-9,12,17,22H,4-5,10-11H2,1-3H3/t12-,17+/m1/s1. The summed E-state index contributed by atoms with van der Waals surface area (Å²) in [5, 5.41) is 1.31. The average Bonchev–Trinajstić information content (AvgIpc) is 2.93. The highest BCUT2D eigenvalue weighted by Gasteiger charge is 2.37. The molecule has 1 N–H and O–H groups in total. The van der Waals surface area contributed by atoms with Gasteiger partial charge in [-0.15, -0.1) is 0 Å². The van der Waals surface area contributed by atoms with Gasteiger partial charge in [0, 0.05) is 36.6 Å². The molecule has 1 aliphatic heterocycles. The Bertz CT molecular complexity index is 865. The predicted molar refractivity (Wildman–Crippen MR) is 106 cm³/mol. The molecule has 0 radical (unpaired) electrons. The van der Waals surface area contributed by atoms with E-state index in [1.807, 2.05) is 4.90 Å². The van der Waals surface area contributed by atoms with Gasteiger partial charge in [-0.05, 0) is 66.0 Å². The van der Waals surface area contributed by atoms with Crippen LogP contribution in [0.15, 0.2) is 28.9 Å². The molecule has 2 heterocycles. The highest BCUT2D eigenvalue weighted by molar-refractivity contribution is 9.10. The fraction of sp³-hybridized carbons (Fsp3) is 0.450. The lowest BCUT2D eigenvalue weighted by atomic mass is 9.79. The molecular formula is C20H24BrN3O. The van der Waals surface area contributed by atoms with Crippen molar-refractivity contribution in [3.8, 4) is 0 Å². The zero-order valence-electron chi connectivity index (χ0n) is 15.0. The molecule has 5 heteroatoms. The lowest BCUT2D eigenvalue weighted by Gasteiger charge is -2.40. The van der Waals surface area contributed by atoms with E-state index < -0.39 is 0 Å². The topological polar surface area (TPSA) is 39.3 Å². The fourth-order valence-corrected chi connectivity index (χ4v) is 4.99. The predicted octanol–water partition coefficient (Wildman–Crippen LogP) is 3.67. The molecule has 0 saturated carbocycles. The lowest BCUT2D eigenvalue weighted by molar-refractivity contribution is -0.134. The fourth-order valence-electron chi connectivity index (χ4n) is 4.42. The van der Waals surface area contributed by atoms with E-state index in [9.17, 15) is 4.79 Å². The van der Waals surface area contributed by atoms with Crippen LogP contribution in [-0.4, -0.2) is 53.4 Å². The zero-order valence-corrected chi connectivity index (χ0v) is 16.6. The normalized spacial score (nSPS) is 22.6. The number of carbonyl (C=O) groups excluding carboxylic acids is 1. The summed E-state index contributed by atoms with van der Waals surface area (Å²) in [4.78, 5) is 20.7. The molecule has 2 atom stereocenters. The van der Waals surface area contributed by atoms with E-state index in [1.165, 1.54) is 27.6 Å². The summed E-state index contributed by atoms with van der Waals surface area (Å²) in [5.41, 5.74) is 5.10. The summed E-state index contributed by atoms with van der Waals surface area (Å²) < 4.78 is 1.09. The molecule has 1 aromatic heterocycles. The maximum atomic E-state index is 12.9. The van der Waals surface area contributed by atoms with Crippen molar-refractivity contribution in [1.82, 2.24) is 14.8 Å². The molecule has 1 aliphatic carbocycles. The monoisotopic (exact) mass is 401 g/mol. The van der Waals surface area contributed by atoms with Crippen LogP contribution in [0.25, 0.3) is 16.5 Å². The maximum absolute atomic E-state index is 12.9. The lowest BCUT2D eigenvalue weighted by Crippen LogP contribution is -2.47. The van der Waals surface area contributed by atoms with Crippen molar-refractivity contribution in [2.75, 3.05) is 26.7 Å². The number of benzene rings is 1. The van der Waals surface area contributed by atoms with Crippen molar-refractivity contribution in [2.24, 2.45) is 5.92 Å². The number of rotatable bonds is 3. The first-order valence-corrected chi connectivity index (χ1v) is 9.84. The molecule has 132 valence electrons. The first-order chi connectivity index (χ1) is 12.0. The Kier molecular flexibility index (Phi) is 4.24. The largest absolute Gasteiger partial charge is 0.349 e. The average molecular weight is 402 g/mol. The number of hydrogen-bond acceptors (Lipinski definition) is 2. The van der Waals surface area contributed by atoms with Gasteiger partial charge in [-0.3, -0.25) is 9.69 Å². The second-order valence-corrected chi connectivity index (χ2v) is 7.84. The van der Waals surface area contributed by atoms with Gasteiger partial charge in [-0.1, -0.05) is 18.2 Å². The van der Waals surface area contributed by atoms with Crippen molar-refractivity contribution in [2.45, 2.75) is 26.3 Å². The molecule has 2 aliphatic rings. The SMILES string of the molecule is CCN(CC)C(=O)[C@@H]1C=C2c3cccc4[nH]c(Br)c(c34)C[C@@H]2N(C)C1. The molecule has 0 bridgehead atoms. The van der Waals surface area contributed by atoms with E-state index in [1.54, 1.807) is 0 Å². The number of carbonyl (C=O) groups is 1. The minimum atomic E-state index is -0.0599. The Morgan fingerprint density at radius 2 is 2.12 bits per heavy atom. The summed E-state index contributed by atoms with van der Waals surface area (Å²) in [5.74, 6) is 0.186. The molecule has 1 aromatic carbocycles. The van der Waals surface area contributed by atoms with E-state index in [4.69, 9.17) is 0 Å². The molecular weight excluding hydrogens is 378 g/mol. The van der Waals surface area contributed by atoms with Gasteiger partial charge in [0.05, 0.1) is 10.5 Å². The van der Waals surface area contributed by atoms with Crippen molar-refractivity contribution < 1.29 is 4.79 Å². The van der Waals surface area contributed by atoms with Crippen LogP contribution in [0.3, 0.4) is 0 Å². The van der Waals surface area contributed by atoms with Crippen molar-refractivity contribution >= 4 is 38.3 Å². The molecule has 25 heavy (non-hydrogen) atoms. The number of nitrogens with one attached hydrogen (secondary N) is 1. The highest BCUT2D eigenvalue weighted by atomic mass is 79.9. The van der Waals surface area contributed by atoms with E-state index in [0.29, 0.717) is 6.04 Å². The molecule has 4 rings (SSSR count). The van der Waals surface area contributed by atoms with Gasteiger partial charge >= 0.3 is 0 Å². The van der Waals surface area contributed by atoms with Gasteiger partial charge in [0.15, 0.2) is 0 Å². The Morgan fingerprint density at radius 3 is 2.84 bits per heavy atom. The summed E-state index contributed by atoms with van der Waals surface area (Å²) in [6, 6.07) is 6.76. The number of fused-ring (bicyclic) bond motifs is 2. The third-order valence-corrected chi connectivity index (χ3v) is 6.41. The molecule has 0 spiro atoms. The second kappa shape index (κ2) is 6.29. The van der Waals surface area contributed by atoms with Crippen LogP contribution in [-0.2, 0) is 11.2 Å². The van der Waals surface area contributed by atoms with Crippen LogP contribution in [0.1, 0.15) is 25.0 Å². The zero-order chi connectivity index (χ0) is 17.7. The van der Waals surface area contributed by atoms with Gasteiger partial charge in [0.1, 0.15) is 0 Å². The minimum absolute atomic E-state index is 0.0599. The minimum Gasteiger partial charge on any atom is -0.349 e. The van der Waals surface area contributed by atoms with Crippen LogP contribution in [0.5, 0.6) is 0 Å². The van der Waals surface area contributed by atoms with Gasteiger partial charge in [-0.25, -0.2) is 0 Å². The van der Waals surface area contributed by atoms with Crippen LogP contribution in [0.2, 0.25) is 0 Å². The number of likely N-dealkylation sites (N-methyl/N-ethyl adjacent to an activating group) is 1.